The van der Waals surface area contributed by atoms with E-state index in [9.17, 15) is 14.3 Å². The van der Waals surface area contributed by atoms with Crippen LogP contribution in [-0.4, -0.2) is 43.2 Å². The summed E-state index contributed by atoms with van der Waals surface area (Å²) in [6, 6.07) is 12.8. The van der Waals surface area contributed by atoms with Crippen LogP contribution in [0, 0.1) is 5.82 Å². The van der Waals surface area contributed by atoms with E-state index in [1.165, 1.54) is 17.0 Å². The molecule has 2 aromatic rings. The number of phenolic OH excluding ortho intramolecular Hbond substituents is 1. The molecule has 1 heterocycles. The van der Waals surface area contributed by atoms with Crippen LogP contribution in [0.25, 0.3) is 0 Å². The molecule has 1 aliphatic heterocycles. The van der Waals surface area contributed by atoms with Crippen molar-refractivity contribution in [1.29, 1.82) is 0 Å². The molecule has 132 valence electrons. The van der Waals surface area contributed by atoms with Gasteiger partial charge in [0.2, 0.25) is 0 Å². The molecule has 0 saturated carbocycles. The van der Waals surface area contributed by atoms with Gasteiger partial charge in [0.25, 0.3) is 5.91 Å². The number of halogens is 1. The number of carbonyl (C=O) groups excluding carboxylic acids is 1. The molecule has 0 bridgehead atoms. The van der Waals surface area contributed by atoms with E-state index in [0.717, 1.165) is 31.9 Å². The molecule has 0 aromatic heterocycles. The molecule has 1 aliphatic rings. The Hall–Kier alpha value is -2.60. The van der Waals surface area contributed by atoms with Crippen molar-refractivity contribution in [3.05, 3.63) is 54.3 Å². The van der Waals surface area contributed by atoms with E-state index < -0.39 is 0 Å². The van der Waals surface area contributed by atoms with Crippen LogP contribution >= 0.6 is 0 Å². The highest BCUT2D eigenvalue weighted by Gasteiger charge is 2.29. The van der Waals surface area contributed by atoms with Crippen LogP contribution in [-0.2, 0) is 4.79 Å². The zero-order valence-corrected chi connectivity index (χ0v) is 14.2. The normalized spacial score (nSPS) is 16.5. The first-order chi connectivity index (χ1) is 12.0. The molecule has 25 heavy (non-hydrogen) atoms. The summed E-state index contributed by atoms with van der Waals surface area (Å²) in [5, 5.41) is 12.2. The van der Waals surface area contributed by atoms with E-state index in [-0.39, 0.29) is 23.5 Å². The third kappa shape index (κ3) is 4.28. The van der Waals surface area contributed by atoms with Gasteiger partial charge in [-0.15, -0.1) is 0 Å². The molecule has 1 fully saturated rings. The maximum Gasteiger partial charge on any atom is 0.282 e. The average molecular weight is 344 g/mol. The Labute approximate surface area is 146 Å². The Kier molecular flexibility index (Phi) is 5.19. The van der Waals surface area contributed by atoms with Crippen molar-refractivity contribution in [2.24, 2.45) is 0 Å². The molecule has 6 heteroatoms. The standard InChI is InChI=1S/C19H22FN3O2/c1-14(19(25)21-16-4-2-15(20)3-5-16)22-10-12-23(13-11-22)17-6-8-18(24)9-7-17/h2-9,14,24H,10-13H2,1H3,(H,21,25)/p+1/t14-/m0/s1. The van der Waals surface area contributed by atoms with Gasteiger partial charge in [-0.05, 0) is 55.5 Å². The van der Waals surface area contributed by atoms with Crippen LogP contribution in [0.3, 0.4) is 0 Å². The summed E-state index contributed by atoms with van der Waals surface area (Å²) in [5.74, 6) is -0.110. The Morgan fingerprint density at radius 2 is 1.72 bits per heavy atom. The van der Waals surface area contributed by atoms with E-state index in [0.29, 0.717) is 5.69 Å². The Morgan fingerprint density at radius 1 is 1.12 bits per heavy atom. The average Bonchev–Trinajstić information content (AvgIpc) is 2.64. The fourth-order valence-electron chi connectivity index (χ4n) is 3.12. The molecule has 3 N–H and O–H groups in total. The number of carbonyl (C=O) groups is 1. The number of piperazine rings is 1. The third-order valence-electron chi connectivity index (χ3n) is 4.74. The van der Waals surface area contributed by atoms with E-state index in [1.807, 2.05) is 19.1 Å². The third-order valence-corrected chi connectivity index (χ3v) is 4.74. The maximum atomic E-state index is 12.9. The van der Waals surface area contributed by atoms with Gasteiger partial charge in [0, 0.05) is 11.4 Å². The van der Waals surface area contributed by atoms with Crippen LogP contribution in [0.2, 0.25) is 0 Å². The number of benzene rings is 2. The largest absolute Gasteiger partial charge is 0.508 e. The second kappa shape index (κ2) is 7.53. The van der Waals surface area contributed by atoms with Gasteiger partial charge in [0.05, 0.1) is 26.2 Å². The quantitative estimate of drug-likeness (QED) is 0.783. The zero-order chi connectivity index (χ0) is 17.8. The Morgan fingerprint density at radius 3 is 2.32 bits per heavy atom. The van der Waals surface area contributed by atoms with Gasteiger partial charge < -0.3 is 20.2 Å². The van der Waals surface area contributed by atoms with Crippen molar-refractivity contribution in [3.8, 4) is 5.75 Å². The van der Waals surface area contributed by atoms with Gasteiger partial charge in [0.1, 0.15) is 11.6 Å². The molecule has 0 radical (unpaired) electrons. The van der Waals surface area contributed by atoms with E-state index in [4.69, 9.17) is 0 Å². The molecule has 0 aliphatic carbocycles. The summed E-state index contributed by atoms with van der Waals surface area (Å²) < 4.78 is 12.9. The lowest BCUT2D eigenvalue weighted by molar-refractivity contribution is -0.914. The van der Waals surface area contributed by atoms with Crippen molar-refractivity contribution >= 4 is 17.3 Å². The second-order valence-corrected chi connectivity index (χ2v) is 6.38. The van der Waals surface area contributed by atoms with E-state index >= 15 is 0 Å². The maximum absolute atomic E-state index is 12.9. The predicted octanol–water partition coefficient (Wildman–Crippen LogP) is 1.26. The number of amides is 1. The van der Waals surface area contributed by atoms with Gasteiger partial charge in [-0.2, -0.15) is 0 Å². The summed E-state index contributed by atoms with van der Waals surface area (Å²) >= 11 is 0. The first-order valence-corrected chi connectivity index (χ1v) is 8.48. The fourth-order valence-corrected chi connectivity index (χ4v) is 3.12. The fraction of sp³-hybridized carbons (Fsp3) is 0.316. The lowest BCUT2D eigenvalue weighted by atomic mass is 10.2. The lowest BCUT2D eigenvalue weighted by Gasteiger charge is -2.36. The topological polar surface area (TPSA) is 57.0 Å². The smallest absolute Gasteiger partial charge is 0.282 e. The van der Waals surface area contributed by atoms with Crippen molar-refractivity contribution in [3.63, 3.8) is 0 Å². The van der Waals surface area contributed by atoms with E-state index in [2.05, 4.69) is 10.2 Å². The van der Waals surface area contributed by atoms with Gasteiger partial charge in [-0.1, -0.05) is 0 Å². The van der Waals surface area contributed by atoms with Crippen LogP contribution in [0.15, 0.2) is 48.5 Å². The number of hydrogen-bond acceptors (Lipinski definition) is 3. The van der Waals surface area contributed by atoms with Gasteiger partial charge >= 0.3 is 0 Å². The summed E-state index contributed by atoms with van der Waals surface area (Å²) in [6.45, 7) is 5.35. The summed E-state index contributed by atoms with van der Waals surface area (Å²) in [6.07, 6.45) is 0. The highest BCUT2D eigenvalue weighted by atomic mass is 19.1. The van der Waals surface area contributed by atoms with Crippen LogP contribution in [0.1, 0.15) is 6.92 Å². The molecule has 5 nitrogen and oxygen atoms in total. The number of quaternary nitrogens is 1. The summed E-state index contributed by atoms with van der Waals surface area (Å²) in [7, 11) is 0. The number of nitrogens with one attached hydrogen (secondary N) is 2. The summed E-state index contributed by atoms with van der Waals surface area (Å²) in [5.41, 5.74) is 1.70. The zero-order valence-electron chi connectivity index (χ0n) is 14.2. The van der Waals surface area contributed by atoms with Crippen LogP contribution < -0.4 is 15.1 Å². The summed E-state index contributed by atoms with van der Waals surface area (Å²) in [4.78, 5) is 15.9. The monoisotopic (exact) mass is 344 g/mol. The number of phenols is 1. The number of rotatable bonds is 4. The minimum atomic E-state index is -0.318. The molecule has 0 spiro atoms. The molecule has 1 amide bonds. The minimum Gasteiger partial charge on any atom is -0.508 e. The predicted molar refractivity (Wildman–Crippen MR) is 95.5 cm³/mol. The van der Waals surface area contributed by atoms with Crippen LogP contribution in [0.5, 0.6) is 5.75 Å². The number of nitrogens with zero attached hydrogens (tertiary/aromatic N) is 1. The molecular formula is C19H23FN3O2+. The SMILES string of the molecule is C[C@@H](C(=O)Nc1ccc(F)cc1)[NH+]1CCN(c2ccc(O)cc2)CC1. The molecular weight excluding hydrogens is 321 g/mol. The van der Waals surface area contributed by atoms with Crippen LogP contribution in [0.4, 0.5) is 15.8 Å². The molecule has 1 saturated heterocycles. The van der Waals surface area contributed by atoms with E-state index in [1.54, 1.807) is 24.3 Å². The molecule has 3 rings (SSSR count). The van der Waals surface area contributed by atoms with Gasteiger partial charge in [0.15, 0.2) is 6.04 Å². The van der Waals surface area contributed by atoms with Crippen molar-refractivity contribution < 1.29 is 19.2 Å². The number of aromatic hydroxyl groups is 1. The van der Waals surface area contributed by atoms with Crippen molar-refractivity contribution in [1.82, 2.24) is 0 Å². The highest BCUT2D eigenvalue weighted by molar-refractivity contribution is 5.93. The van der Waals surface area contributed by atoms with Crippen molar-refractivity contribution in [2.75, 3.05) is 36.4 Å². The highest BCUT2D eigenvalue weighted by Crippen LogP contribution is 2.18. The van der Waals surface area contributed by atoms with Crippen molar-refractivity contribution in [2.45, 2.75) is 13.0 Å². The number of anilines is 2. The van der Waals surface area contributed by atoms with Gasteiger partial charge in [-0.3, -0.25) is 4.79 Å². The Balaban J connectivity index is 1.53. The number of hydrogen-bond donors (Lipinski definition) is 3. The molecule has 0 unspecified atom stereocenters. The first kappa shape index (κ1) is 17.2. The first-order valence-electron chi connectivity index (χ1n) is 8.48. The molecule has 1 atom stereocenters. The molecule has 2 aromatic carbocycles. The minimum absolute atomic E-state index is 0.0558. The Bertz CT molecular complexity index is 710. The second-order valence-electron chi connectivity index (χ2n) is 6.38. The lowest BCUT2D eigenvalue weighted by Crippen LogP contribution is -3.19. The van der Waals surface area contributed by atoms with Gasteiger partial charge in [-0.25, -0.2) is 4.39 Å².